The van der Waals surface area contributed by atoms with Gasteiger partial charge in [0.1, 0.15) is 5.82 Å². The largest absolute Gasteiger partial charge is 0.389 e. The number of hydrogen-bond acceptors (Lipinski definition) is 3. The molecule has 1 aromatic heterocycles. The summed E-state index contributed by atoms with van der Waals surface area (Å²) in [6.45, 7) is 4.04. The molecule has 6 heteroatoms. The molecule has 2 aromatic rings. The summed E-state index contributed by atoms with van der Waals surface area (Å²) in [5.41, 5.74) is 10.8. The Morgan fingerprint density at radius 1 is 1.29 bits per heavy atom. The van der Waals surface area contributed by atoms with E-state index in [2.05, 4.69) is 24.2 Å². The van der Waals surface area contributed by atoms with Crippen molar-refractivity contribution in [3.8, 4) is 5.69 Å². The number of carbonyl (C=O) groups is 1. The molecule has 34 heavy (non-hydrogen) atoms. The molecule has 0 radical (unpaired) electrons. The molecular formula is C28H32FN3O2. The zero-order valence-corrected chi connectivity index (χ0v) is 19.9. The molecule has 0 bridgehead atoms. The van der Waals surface area contributed by atoms with Gasteiger partial charge in [-0.25, -0.2) is 9.07 Å². The first kappa shape index (κ1) is 22.8. The monoisotopic (exact) mass is 461 g/mol. The maximum Gasteiger partial charge on any atom is 0.224 e. The second-order valence-corrected chi connectivity index (χ2v) is 10.3. The van der Waals surface area contributed by atoms with E-state index in [4.69, 9.17) is 5.73 Å². The summed E-state index contributed by atoms with van der Waals surface area (Å²) in [7, 11) is 0. The summed E-state index contributed by atoms with van der Waals surface area (Å²) in [5.74, 6) is -0.896. The molecule has 178 valence electrons. The topological polar surface area (TPSA) is 81.1 Å². The Kier molecular flexibility index (Phi) is 5.59. The molecule has 5 nitrogen and oxygen atoms in total. The molecule has 1 saturated carbocycles. The molecule has 0 spiro atoms. The van der Waals surface area contributed by atoms with Crippen molar-refractivity contribution in [2.45, 2.75) is 64.4 Å². The van der Waals surface area contributed by atoms with Crippen molar-refractivity contribution < 1.29 is 14.3 Å². The summed E-state index contributed by atoms with van der Waals surface area (Å²) in [5, 5.41) is 16.5. The van der Waals surface area contributed by atoms with Crippen LogP contribution in [0.25, 0.3) is 11.8 Å². The Labute approximate surface area is 199 Å². The van der Waals surface area contributed by atoms with Crippen LogP contribution in [0.3, 0.4) is 0 Å². The highest BCUT2D eigenvalue weighted by atomic mass is 19.1. The average Bonchev–Trinajstić information content (AvgIpc) is 3.34. The molecule has 1 amide bonds. The van der Waals surface area contributed by atoms with Gasteiger partial charge < -0.3 is 10.8 Å². The minimum Gasteiger partial charge on any atom is -0.389 e. The van der Waals surface area contributed by atoms with Gasteiger partial charge in [0.25, 0.3) is 0 Å². The summed E-state index contributed by atoms with van der Waals surface area (Å²) in [6, 6.07) is 6.36. The molecule has 0 aliphatic heterocycles. The Bertz CT molecular complexity index is 1220. The van der Waals surface area contributed by atoms with E-state index >= 15 is 0 Å². The Morgan fingerprint density at radius 2 is 2.06 bits per heavy atom. The Balaban J connectivity index is 1.41. The van der Waals surface area contributed by atoms with Gasteiger partial charge in [0.05, 0.1) is 29.1 Å². The van der Waals surface area contributed by atoms with Crippen LogP contribution in [0.5, 0.6) is 0 Å². The minimum absolute atomic E-state index is 0.270. The van der Waals surface area contributed by atoms with Crippen molar-refractivity contribution in [2.75, 3.05) is 0 Å². The molecular weight excluding hydrogens is 429 g/mol. The first-order valence-corrected chi connectivity index (χ1v) is 12.2. The fourth-order valence-corrected chi connectivity index (χ4v) is 6.08. The summed E-state index contributed by atoms with van der Waals surface area (Å²) in [6.07, 6.45) is 13.7. The number of fused-ring (bicyclic) bond motifs is 2. The molecule has 1 heterocycles. The zero-order chi connectivity index (χ0) is 24.1. The third kappa shape index (κ3) is 3.65. The molecule has 1 fully saturated rings. The highest BCUT2D eigenvalue weighted by Gasteiger charge is 2.54. The molecule has 3 N–H and O–H groups in total. The fraction of sp³-hybridized carbons (Fsp3) is 0.429. The fourth-order valence-electron chi connectivity index (χ4n) is 6.08. The number of carbonyl (C=O) groups excluding carboxylic acids is 1. The maximum absolute atomic E-state index is 13.4. The molecule has 3 atom stereocenters. The number of rotatable bonds is 6. The lowest BCUT2D eigenvalue weighted by atomic mass is 9.65. The molecule has 1 aromatic carbocycles. The van der Waals surface area contributed by atoms with Gasteiger partial charge in [0, 0.05) is 5.41 Å². The van der Waals surface area contributed by atoms with Gasteiger partial charge in [0.2, 0.25) is 5.91 Å². The van der Waals surface area contributed by atoms with Crippen LogP contribution in [-0.4, -0.2) is 26.4 Å². The van der Waals surface area contributed by atoms with E-state index in [0.29, 0.717) is 12.8 Å². The molecule has 5 rings (SSSR count). The molecule has 1 unspecified atom stereocenters. The Morgan fingerprint density at radius 3 is 2.79 bits per heavy atom. The highest BCUT2D eigenvalue weighted by Crippen LogP contribution is 2.57. The number of hydrogen-bond donors (Lipinski definition) is 2. The van der Waals surface area contributed by atoms with Gasteiger partial charge >= 0.3 is 0 Å². The van der Waals surface area contributed by atoms with Crippen LogP contribution in [0.15, 0.2) is 59.3 Å². The number of amides is 1. The Hall–Kier alpha value is -2.99. The zero-order valence-electron chi connectivity index (χ0n) is 19.9. The van der Waals surface area contributed by atoms with Gasteiger partial charge in [-0.05, 0) is 93.3 Å². The summed E-state index contributed by atoms with van der Waals surface area (Å²) < 4.78 is 15.3. The van der Waals surface area contributed by atoms with E-state index < -0.39 is 5.60 Å². The van der Waals surface area contributed by atoms with E-state index in [1.54, 1.807) is 12.1 Å². The number of aliphatic hydroxyl groups is 1. The number of aromatic nitrogens is 2. The van der Waals surface area contributed by atoms with E-state index in [1.165, 1.54) is 23.3 Å². The second-order valence-electron chi connectivity index (χ2n) is 10.3. The van der Waals surface area contributed by atoms with Gasteiger partial charge in [-0.2, -0.15) is 5.10 Å². The lowest BCUT2D eigenvalue weighted by molar-refractivity contribution is -0.120. The van der Waals surface area contributed by atoms with Crippen LogP contribution < -0.4 is 5.73 Å². The molecule has 3 aliphatic rings. The smallest absolute Gasteiger partial charge is 0.224 e. The summed E-state index contributed by atoms with van der Waals surface area (Å²) >= 11 is 0. The molecule has 0 saturated heterocycles. The van der Waals surface area contributed by atoms with Crippen LogP contribution in [0.4, 0.5) is 4.39 Å². The average molecular weight is 462 g/mol. The van der Waals surface area contributed by atoms with E-state index in [-0.39, 0.29) is 23.1 Å². The number of benzene rings is 1. The van der Waals surface area contributed by atoms with Gasteiger partial charge in [-0.3, -0.25) is 4.79 Å². The first-order valence-electron chi connectivity index (χ1n) is 12.2. The van der Waals surface area contributed by atoms with Crippen LogP contribution in [-0.2, 0) is 11.2 Å². The lowest BCUT2D eigenvalue weighted by Crippen LogP contribution is -2.45. The van der Waals surface area contributed by atoms with Crippen LogP contribution in [0, 0.1) is 17.2 Å². The SMILES string of the molecule is CC(C(N)=O)C1=C(CC[C@]2(O)CCC3=Cc4c(cnn4-c4ccc(F)cc4)C[C@@]32C)CCC=C1. The maximum atomic E-state index is 13.4. The minimum atomic E-state index is -0.830. The van der Waals surface area contributed by atoms with Crippen molar-refractivity contribution in [1.82, 2.24) is 9.78 Å². The normalized spacial score (nSPS) is 26.8. The van der Waals surface area contributed by atoms with Crippen molar-refractivity contribution in [3.05, 3.63) is 76.4 Å². The quantitative estimate of drug-likeness (QED) is 0.633. The van der Waals surface area contributed by atoms with Crippen LogP contribution in [0.1, 0.15) is 63.6 Å². The van der Waals surface area contributed by atoms with Crippen molar-refractivity contribution in [1.29, 1.82) is 0 Å². The number of primary amides is 1. The third-order valence-corrected chi connectivity index (χ3v) is 8.41. The van der Waals surface area contributed by atoms with Gasteiger partial charge in [0.15, 0.2) is 0 Å². The van der Waals surface area contributed by atoms with E-state index in [1.807, 2.05) is 23.9 Å². The summed E-state index contributed by atoms with van der Waals surface area (Å²) in [4.78, 5) is 11.8. The van der Waals surface area contributed by atoms with Crippen molar-refractivity contribution >= 4 is 12.0 Å². The standard InChI is InChI=1S/C28H32FN3O2/c1-18(26(30)33)24-6-4-3-5-19(24)11-13-28(34)14-12-21-15-25-20(16-27(21,28)2)17-31-32(25)23-9-7-22(29)8-10-23/h4,6-10,15,17-18,34H,3,5,11-14,16H2,1-2H3,(H2,30,33)/t18?,27-,28-/m0/s1. The lowest BCUT2D eigenvalue weighted by Gasteiger charge is -2.43. The number of nitrogens with two attached hydrogens (primary N) is 1. The predicted molar refractivity (Wildman–Crippen MR) is 130 cm³/mol. The van der Waals surface area contributed by atoms with Crippen LogP contribution in [0.2, 0.25) is 0 Å². The van der Waals surface area contributed by atoms with E-state index in [0.717, 1.165) is 54.6 Å². The third-order valence-electron chi connectivity index (χ3n) is 8.41. The first-order chi connectivity index (χ1) is 16.2. The van der Waals surface area contributed by atoms with Gasteiger partial charge in [-0.1, -0.05) is 30.2 Å². The van der Waals surface area contributed by atoms with Crippen LogP contribution >= 0.6 is 0 Å². The predicted octanol–water partition coefficient (Wildman–Crippen LogP) is 5.03. The number of nitrogens with zero attached hydrogens (tertiary/aromatic N) is 2. The van der Waals surface area contributed by atoms with E-state index in [9.17, 15) is 14.3 Å². The van der Waals surface area contributed by atoms with Crippen molar-refractivity contribution in [3.63, 3.8) is 0 Å². The highest BCUT2D eigenvalue weighted by molar-refractivity contribution is 5.80. The van der Waals surface area contributed by atoms with Crippen molar-refractivity contribution in [2.24, 2.45) is 17.1 Å². The number of allylic oxidation sites excluding steroid dienone is 3. The second kappa shape index (κ2) is 8.35. The number of halogens is 1. The van der Waals surface area contributed by atoms with Gasteiger partial charge in [-0.15, -0.1) is 0 Å². The molecule has 3 aliphatic carbocycles.